The Bertz CT molecular complexity index is 815. The number of nitrogens with zero attached hydrogens (tertiary/aromatic N) is 1. The predicted octanol–water partition coefficient (Wildman–Crippen LogP) is 6.60. The number of rotatable bonds is 6. The van der Waals surface area contributed by atoms with Crippen LogP contribution in [0, 0.1) is 5.82 Å². The van der Waals surface area contributed by atoms with Crippen LogP contribution in [0.25, 0.3) is 0 Å². The van der Waals surface area contributed by atoms with Crippen molar-refractivity contribution in [3.63, 3.8) is 0 Å². The smallest absolute Gasteiger partial charge is 0.319 e. The molecule has 2 unspecified atom stereocenters. The van der Waals surface area contributed by atoms with Gasteiger partial charge >= 0.3 is 6.03 Å². The monoisotopic (exact) mass is 417 g/mol. The Morgan fingerprint density at radius 1 is 1.20 bits per heavy atom. The highest BCUT2D eigenvalue weighted by Gasteiger charge is 2.22. The van der Waals surface area contributed by atoms with E-state index < -0.39 is 0 Å². The number of fused-ring (bicyclic) bond motifs is 1. The number of hydrogen-bond acceptors (Lipinski definition) is 2. The van der Waals surface area contributed by atoms with E-state index in [1.165, 1.54) is 48.1 Å². The van der Waals surface area contributed by atoms with Gasteiger partial charge in [0, 0.05) is 15.1 Å². The average molecular weight is 418 g/mol. The summed E-state index contributed by atoms with van der Waals surface area (Å²) < 4.78 is 13.0. The summed E-state index contributed by atoms with van der Waals surface area (Å²) in [4.78, 5) is 14.4. The van der Waals surface area contributed by atoms with Crippen molar-refractivity contribution >= 4 is 11.7 Å². The first-order valence-electron chi connectivity index (χ1n) is 11.1. The zero-order valence-electron chi connectivity index (χ0n) is 19.0. The lowest BCUT2D eigenvalue weighted by Crippen LogP contribution is -2.37. The number of carbonyl (C=O) groups is 1. The SMILES string of the molecule is CC.CCC1CCCc2cc(C(CNC(=O)Nc3ccc(F)cc3)N(C)C)ccc21.[HH].[HH]. The summed E-state index contributed by atoms with van der Waals surface area (Å²) >= 11 is 0. The Labute approximate surface area is 183 Å². The molecule has 0 spiro atoms. The Morgan fingerprint density at radius 3 is 2.53 bits per heavy atom. The van der Waals surface area contributed by atoms with E-state index in [4.69, 9.17) is 0 Å². The van der Waals surface area contributed by atoms with Crippen molar-refractivity contribution in [3.8, 4) is 0 Å². The number of likely N-dealkylation sites (N-methyl/N-ethyl adjacent to an activating group) is 1. The highest BCUT2D eigenvalue weighted by molar-refractivity contribution is 5.89. The Kier molecular flexibility index (Phi) is 9.31. The van der Waals surface area contributed by atoms with Gasteiger partial charge in [-0.25, -0.2) is 9.18 Å². The van der Waals surface area contributed by atoms with E-state index >= 15 is 0 Å². The fourth-order valence-electron chi connectivity index (χ4n) is 4.06. The van der Waals surface area contributed by atoms with E-state index in [2.05, 4.69) is 40.7 Å². The summed E-state index contributed by atoms with van der Waals surface area (Å²) in [6, 6.07) is 12.4. The average Bonchev–Trinajstić information content (AvgIpc) is 2.76. The molecule has 2 atom stereocenters. The third kappa shape index (κ3) is 6.30. The zero-order valence-corrected chi connectivity index (χ0v) is 19.0. The van der Waals surface area contributed by atoms with Gasteiger partial charge in [0.15, 0.2) is 0 Å². The Hall–Kier alpha value is -2.40. The van der Waals surface area contributed by atoms with Crippen LogP contribution in [0.2, 0.25) is 0 Å². The quantitative estimate of drug-likeness (QED) is 0.556. The first-order valence-corrected chi connectivity index (χ1v) is 11.1. The van der Waals surface area contributed by atoms with Crippen LogP contribution < -0.4 is 10.6 Å². The van der Waals surface area contributed by atoms with E-state index in [9.17, 15) is 9.18 Å². The summed E-state index contributed by atoms with van der Waals surface area (Å²) in [5, 5.41) is 5.68. The number of halogens is 1. The van der Waals surface area contributed by atoms with Crippen LogP contribution in [0.3, 0.4) is 0 Å². The van der Waals surface area contributed by atoms with Gasteiger partial charge in [-0.05, 0) is 86.7 Å². The summed E-state index contributed by atoms with van der Waals surface area (Å²) in [5.41, 5.74) is 4.75. The minimum atomic E-state index is -0.323. The molecule has 2 amide bonds. The molecule has 2 N–H and O–H groups in total. The number of amides is 2. The Balaban J connectivity index is 0.00000234. The minimum absolute atomic E-state index is 0. The van der Waals surface area contributed by atoms with Gasteiger partial charge in [0.2, 0.25) is 0 Å². The molecule has 4 nitrogen and oxygen atoms in total. The fourth-order valence-corrected chi connectivity index (χ4v) is 4.06. The fraction of sp³-hybridized carbons (Fsp3) is 0.480. The standard InChI is InChI=1S/C23H30FN3O.C2H6.2H2/c1-4-16-6-5-7-17-14-18(8-13-21(16)17)22(27(2)3)15-25-23(28)26-20-11-9-19(24)10-12-20;1-2;;/h8-14,16,22H,4-7,15H2,1-3H3,(H2,25,26,28);1-2H3;2*1H. The van der Waals surface area contributed by atoms with Crippen LogP contribution in [0.5, 0.6) is 0 Å². The molecule has 2 aromatic carbocycles. The molecule has 0 radical (unpaired) electrons. The molecule has 0 aliphatic heterocycles. The zero-order chi connectivity index (χ0) is 22.1. The van der Waals surface area contributed by atoms with Crippen LogP contribution in [0.4, 0.5) is 14.9 Å². The lowest BCUT2D eigenvalue weighted by atomic mass is 9.80. The Morgan fingerprint density at radius 2 is 1.90 bits per heavy atom. The van der Waals surface area contributed by atoms with Gasteiger partial charge in [-0.3, -0.25) is 0 Å². The first kappa shape index (κ1) is 23.9. The van der Waals surface area contributed by atoms with Crippen LogP contribution in [0.15, 0.2) is 42.5 Å². The third-order valence-electron chi connectivity index (χ3n) is 5.66. The van der Waals surface area contributed by atoms with Crippen molar-refractivity contribution in [2.75, 3.05) is 26.0 Å². The first-order chi connectivity index (χ1) is 14.5. The number of anilines is 1. The van der Waals surface area contributed by atoms with Crippen molar-refractivity contribution in [1.29, 1.82) is 0 Å². The number of carbonyl (C=O) groups excluding carboxylic acids is 1. The summed E-state index contributed by atoms with van der Waals surface area (Å²) in [7, 11) is 4.05. The van der Waals surface area contributed by atoms with E-state index in [-0.39, 0.29) is 20.7 Å². The maximum absolute atomic E-state index is 13.0. The summed E-state index contributed by atoms with van der Waals surface area (Å²) in [5.74, 6) is 0.353. The van der Waals surface area contributed by atoms with E-state index in [1.54, 1.807) is 12.1 Å². The van der Waals surface area contributed by atoms with Gasteiger partial charge in [-0.2, -0.15) is 0 Å². The second-order valence-electron chi connectivity index (χ2n) is 7.78. The predicted molar refractivity (Wildman–Crippen MR) is 128 cm³/mol. The van der Waals surface area contributed by atoms with E-state index in [0.717, 1.165) is 6.42 Å². The van der Waals surface area contributed by atoms with Crippen LogP contribution in [-0.2, 0) is 6.42 Å². The maximum Gasteiger partial charge on any atom is 0.319 e. The van der Waals surface area contributed by atoms with Gasteiger partial charge < -0.3 is 15.5 Å². The second-order valence-corrected chi connectivity index (χ2v) is 7.78. The van der Waals surface area contributed by atoms with Crippen LogP contribution >= 0.6 is 0 Å². The number of urea groups is 1. The highest BCUT2D eigenvalue weighted by atomic mass is 19.1. The lowest BCUT2D eigenvalue weighted by Gasteiger charge is -2.29. The summed E-state index contributed by atoms with van der Waals surface area (Å²) in [6.07, 6.45) is 4.86. The topological polar surface area (TPSA) is 44.4 Å². The normalized spacial score (nSPS) is 16.2. The highest BCUT2D eigenvalue weighted by Crippen LogP contribution is 2.35. The number of benzene rings is 2. The van der Waals surface area contributed by atoms with Crippen molar-refractivity contribution < 1.29 is 12.0 Å². The van der Waals surface area contributed by atoms with E-state index in [0.29, 0.717) is 18.2 Å². The van der Waals surface area contributed by atoms with Crippen molar-refractivity contribution in [3.05, 3.63) is 65.0 Å². The van der Waals surface area contributed by atoms with Gasteiger partial charge in [-0.1, -0.05) is 39.0 Å². The molecule has 0 aromatic heterocycles. The molecule has 30 heavy (non-hydrogen) atoms. The number of nitrogens with one attached hydrogen (secondary N) is 2. The van der Waals surface area contributed by atoms with Gasteiger partial charge in [0.05, 0.1) is 6.04 Å². The molecule has 0 saturated heterocycles. The van der Waals surface area contributed by atoms with Crippen molar-refractivity contribution in [2.24, 2.45) is 0 Å². The minimum Gasteiger partial charge on any atom is -0.336 e. The number of hydrogen-bond donors (Lipinski definition) is 2. The van der Waals surface area contributed by atoms with Gasteiger partial charge in [0.1, 0.15) is 5.82 Å². The molecule has 5 heteroatoms. The van der Waals surface area contributed by atoms with Crippen LogP contribution in [-0.4, -0.2) is 31.6 Å². The largest absolute Gasteiger partial charge is 0.336 e. The molecule has 2 aromatic rings. The molecule has 1 aliphatic carbocycles. The second kappa shape index (κ2) is 11.7. The van der Waals surface area contributed by atoms with Crippen LogP contribution in [0.1, 0.15) is 71.5 Å². The summed E-state index contributed by atoms with van der Waals surface area (Å²) in [6.45, 7) is 6.76. The lowest BCUT2D eigenvalue weighted by molar-refractivity contribution is 0.243. The molecule has 0 fully saturated rings. The molecule has 168 valence electrons. The molecule has 1 aliphatic rings. The molecule has 3 rings (SSSR count). The van der Waals surface area contributed by atoms with Gasteiger partial charge in [0.25, 0.3) is 0 Å². The van der Waals surface area contributed by atoms with Crippen molar-refractivity contribution in [2.45, 2.75) is 58.4 Å². The molecular weight excluding hydrogens is 377 g/mol. The van der Waals surface area contributed by atoms with Crippen molar-refractivity contribution in [1.82, 2.24) is 10.2 Å². The van der Waals surface area contributed by atoms with E-state index in [1.807, 2.05) is 27.9 Å². The number of aryl methyl sites for hydroxylation is 1. The van der Waals surface area contributed by atoms with Gasteiger partial charge in [-0.15, -0.1) is 0 Å². The molecule has 0 bridgehead atoms. The third-order valence-corrected chi connectivity index (χ3v) is 5.66. The molecule has 0 heterocycles. The maximum atomic E-state index is 13.0. The molecular formula is C25H40FN3O. The molecule has 0 saturated carbocycles.